The number of rotatable bonds is 7. The fourth-order valence-corrected chi connectivity index (χ4v) is 4.71. The van der Waals surface area contributed by atoms with E-state index in [0.29, 0.717) is 0 Å². The summed E-state index contributed by atoms with van der Waals surface area (Å²) in [6, 6.07) is 9.83. The predicted octanol–water partition coefficient (Wildman–Crippen LogP) is 2.19. The van der Waals surface area contributed by atoms with Crippen molar-refractivity contribution in [3.05, 3.63) is 78.9 Å². The van der Waals surface area contributed by atoms with E-state index in [2.05, 4.69) is 29.9 Å². The zero-order valence-corrected chi connectivity index (χ0v) is 19.1. The van der Waals surface area contributed by atoms with Gasteiger partial charge >= 0.3 is 0 Å². The summed E-state index contributed by atoms with van der Waals surface area (Å²) in [6.45, 7) is 0. The average Bonchev–Trinajstić information content (AvgIpc) is 2.83. The molecule has 2 heterocycles. The minimum absolute atomic E-state index is 0.0109. The van der Waals surface area contributed by atoms with Crippen molar-refractivity contribution in [3.8, 4) is 0 Å². The summed E-state index contributed by atoms with van der Waals surface area (Å²) in [6.07, 6.45) is 7.28. The van der Waals surface area contributed by atoms with Gasteiger partial charge in [0.25, 0.3) is 20.2 Å². The van der Waals surface area contributed by atoms with Gasteiger partial charge in [-0.3, -0.25) is 9.11 Å². The number of hydrogen-bond acceptors (Lipinski definition) is 11. The van der Waals surface area contributed by atoms with Crippen LogP contribution in [0.25, 0.3) is 12.2 Å². The van der Waals surface area contributed by atoms with E-state index in [9.17, 15) is 25.9 Å². The maximum atomic E-state index is 12.5. The molecule has 0 bridgehead atoms. The van der Waals surface area contributed by atoms with E-state index in [4.69, 9.17) is 0 Å². The van der Waals surface area contributed by atoms with Crippen LogP contribution in [0, 0.1) is 0 Å². The molecular weight excluding hydrogens is 498 g/mol. The molecule has 0 unspecified atom stereocenters. The second kappa shape index (κ2) is 9.59. The van der Waals surface area contributed by atoms with Crippen LogP contribution < -0.4 is 4.90 Å². The maximum absolute atomic E-state index is 12.5. The van der Waals surface area contributed by atoms with Crippen LogP contribution in [0.3, 0.4) is 0 Å². The van der Waals surface area contributed by atoms with E-state index in [0.717, 1.165) is 0 Å². The second-order valence-corrected chi connectivity index (χ2v) is 9.48. The third-order valence-electron chi connectivity index (χ3n) is 4.52. The first-order chi connectivity index (χ1) is 16.7. The number of benzene rings is 2. The van der Waals surface area contributed by atoms with E-state index in [-0.39, 0.29) is 33.6 Å². The molecule has 2 N–H and O–H groups in total. The number of hydrogen-bond donors (Lipinski definition) is 2. The van der Waals surface area contributed by atoms with E-state index >= 15 is 0 Å². The Labute approximate surface area is 199 Å². The molecule has 0 saturated heterocycles. The quantitative estimate of drug-likeness (QED) is 0.270. The van der Waals surface area contributed by atoms with Gasteiger partial charge in [0.05, 0.1) is 5.69 Å². The zero-order valence-electron chi connectivity index (χ0n) is 17.5. The summed E-state index contributed by atoms with van der Waals surface area (Å²) >= 11 is 0. The molecule has 2 aromatic carbocycles. The van der Waals surface area contributed by atoms with Gasteiger partial charge in [0.15, 0.2) is 0 Å². The van der Waals surface area contributed by atoms with Crippen LogP contribution in [0.2, 0.25) is 0 Å². The molecule has 0 radical (unpaired) electrons. The molecule has 0 spiro atoms. The largest absolute Gasteiger partial charge is 0.297 e. The van der Waals surface area contributed by atoms with Gasteiger partial charge in [0.1, 0.15) is 35.1 Å². The Bertz CT molecular complexity index is 1560. The second-order valence-electron chi connectivity index (χ2n) is 6.73. The van der Waals surface area contributed by atoms with Crippen molar-refractivity contribution in [1.29, 1.82) is 0 Å². The van der Waals surface area contributed by atoms with Gasteiger partial charge in [0, 0.05) is 0 Å². The molecule has 0 aliphatic rings. The third kappa shape index (κ3) is 5.33. The fraction of sp³-hybridized carbons (Fsp3) is 0. The topological polar surface area (TPSA) is 189 Å². The van der Waals surface area contributed by atoms with Crippen LogP contribution in [-0.4, -0.2) is 55.8 Å². The lowest BCUT2D eigenvalue weighted by molar-refractivity contribution is 0.480. The number of nitrogens with zero attached hydrogens (tertiary/aromatic N) is 7. The summed E-state index contributed by atoms with van der Waals surface area (Å²) in [5.74, 6) is -0.0945. The Kier molecular flexibility index (Phi) is 6.57. The van der Waals surface area contributed by atoms with Crippen LogP contribution in [0.5, 0.6) is 0 Å². The molecule has 0 aliphatic carbocycles. The van der Waals surface area contributed by atoms with Crippen molar-refractivity contribution in [2.24, 2.45) is 0 Å². The lowest BCUT2D eigenvalue weighted by Gasteiger charge is -2.22. The van der Waals surface area contributed by atoms with Gasteiger partial charge in [-0.15, -0.1) is 0 Å². The van der Waals surface area contributed by atoms with Gasteiger partial charge in [-0.05, 0) is 23.3 Å². The van der Waals surface area contributed by atoms with Gasteiger partial charge in [-0.2, -0.15) is 16.8 Å². The Balaban J connectivity index is 1.94. The van der Waals surface area contributed by atoms with Crippen LogP contribution in [0.15, 0.2) is 77.6 Å². The molecule has 0 aliphatic heterocycles. The molecule has 0 fully saturated rings. The molecule has 0 saturated carbocycles. The molecular formula is C20H15N7O6S2. The smallest absolute Gasteiger partial charge is 0.282 e. The Morgan fingerprint density at radius 1 is 0.657 bits per heavy atom. The van der Waals surface area contributed by atoms with E-state index < -0.39 is 25.1 Å². The molecule has 4 rings (SSSR count). The van der Waals surface area contributed by atoms with Crippen molar-refractivity contribution in [3.63, 3.8) is 0 Å². The standard InChI is InChI=1S/C20H15N7O6S2/c28-34(29,30)17-7-2-1-4-14(17)8-9-15-5-3-6-16(18(15)35(31,32)33)27(19-23-10-21-11-24-19)20-25-12-22-13-26-20/h1-13H,(H,28,29,30)(H,31,32,33)/b9-8+. The van der Waals surface area contributed by atoms with Crippen molar-refractivity contribution in [2.75, 3.05) is 4.90 Å². The van der Waals surface area contributed by atoms with Crippen molar-refractivity contribution >= 4 is 50.0 Å². The Morgan fingerprint density at radius 3 is 1.71 bits per heavy atom. The van der Waals surface area contributed by atoms with E-state index in [1.54, 1.807) is 0 Å². The van der Waals surface area contributed by atoms with E-state index in [1.807, 2.05) is 0 Å². The third-order valence-corrected chi connectivity index (χ3v) is 6.41. The summed E-state index contributed by atoms with van der Waals surface area (Å²) in [5.41, 5.74) is -0.0214. The van der Waals surface area contributed by atoms with Crippen LogP contribution in [0.1, 0.15) is 11.1 Å². The first kappa shape index (κ1) is 24.0. The molecule has 0 amide bonds. The molecule has 35 heavy (non-hydrogen) atoms. The first-order valence-electron chi connectivity index (χ1n) is 9.55. The molecule has 15 heteroatoms. The summed E-state index contributed by atoms with van der Waals surface area (Å²) in [5, 5.41) is 0. The highest BCUT2D eigenvalue weighted by Gasteiger charge is 2.28. The molecule has 13 nitrogen and oxygen atoms in total. The molecule has 0 atom stereocenters. The predicted molar refractivity (Wildman–Crippen MR) is 123 cm³/mol. The van der Waals surface area contributed by atoms with Crippen LogP contribution in [0.4, 0.5) is 17.6 Å². The fourth-order valence-electron chi connectivity index (χ4n) is 3.17. The number of anilines is 3. The summed E-state index contributed by atoms with van der Waals surface area (Å²) < 4.78 is 68.1. The minimum atomic E-state index is -4.87. The van der Waals surface area contributed by atoms with Gasteiger partial charge in [-0.25, -0.2) is 34.8 Å². The highest BCUT2D eigenvalue weighted by Crippen LogP contribution is 2.36. The van der Waals surface area contributed by atoms with Crippen molar-refractivity contribution < 1.29 is 25.9 Å². The monoisotopic (exact) mass is 513 g/mol. The van der Waals surface area contributed by atoms with E-state index in [1.165, 1.54) is 84.8 Å². The van der Waals surface area contributed by atoms with Gasteiger partial charge in [0.2, 0.25) is 11.9 Å². The Hall–Kier alpha value is -4.18. The Morgan fingerprint density at radius 2 is 1.17 bits per heavy atom. The minimum Gasteiger partial charge on any atom is -0.282 e. The maximum Gasteiger partial charge on any atom is 0.297 e. The normalized spacial score (nSPS) is 12.1. The first-order valence-corrected chi connectivity index (χ1v) is 12.4. The SMILES string of the molecule is O=S(=O)(O)c1ccccc1/C=C/c1cccc(N(c2ncncn2)c2ncncn2)c1S(=O)(=O)O. The highest BCUT2D eigenvalue weighted by molar-refractivity contribution is 7.86. The van der Waals surface area contributed by atoms with Gasteiger partial charge < -0.3 is 0 Å². The van der Waals surface area contributed by atoms with Crippen LogP contribution >= 0.6 is 0 Å². The zero-order chi connectivity index (χ0) is 25.1. The number of aromatic nitrogens is 6. The van der Waals surface area contributed by atoms with Crippen molar-refractivity contribution in [2.45, 2.75) is 9.79 Å². The van der Waals surface area contributed by atoms with Gasteiger partial charge in [-0.1, -0.05) is 42.5 Å². The molecule has 4 aromatic rings. The average molecular weight is 514 g/mol. The lowest BCUT2D eigenvalue weighted by Crippen LogP contribution is -2.19. The molecule has 178 valence electrons. The summed E-state index contributed by atoms with van der Waals surface area (Å²) in [7, 11) is -9.41. The van der Waals surface area contributed by atoms with Crippen LogP contribution in [-0.2, 0) is 20.2 Å². The van der Waals surface area contributed by atoms with Crippen molar-refractivity contribution in [1.82, 2.24) is 29.9 Å². The summed E-state index contributed by atoms with van der Waals surface area (Å²) in [4.78, 5) is 23.9. The molecule has 2 aromatic heterocycles. The highest BCUT2D eigenvalue weighted by atomic mass is 32.2. The lowest BCUT2D eigenvalue weighted by atomic mass is 10.1.